The van der Waals surface area contributed by atoms with E-state index >= 15 is 0 Å². The van der Waals surface area contributed by atoms with Gasteiger partial charge in [0, 0.05) is 22.7 Å². The second-order valence-corrected chi connectivity index (χ2v) is 7.80. The average molecular weight is 486 g/mol. The highest BCUT2D eigenvalue weighted by molar-refractivity contribution is 5.99. The number of H-pyrrole nitrogens is 1. The van der Waals surface area contributed by atoms with Crippen molar-refractivity contribution in [1.29, 1.82) is 5.26 Å². The fourth-order valence-electron chi connectivity index (χ4n) is 3.67. The van der Waals surface area contributed by atoms with E-state index in [1.54, 1.807) is 66.9 Å². The largest absolute Gasteiger partial charge is 0.420 e. The van der Waals surface area contributed by atoms with E-state index < -0.39 is 11.5 Å². The van der Waals surface area contributed by atoms with Crippen molar-refractivity contribution in [3.63, 3.8) is 0 Å². The molecule has 0 amide bonds. The summed E-state index contributed by atoms with van der Waals surface area (Å²) in [5.41, 5.74) is 4.20. The molecule has 0 radical (unpaired) electrons. The zero-order valence-electron chi connectivity index (χ0n) is 19.3. The van der Waals surface area contributed by atoms with Gasteiger partial charge in [-0.1, -0.05) is 60.7 Å². The summed E-state index contributed by atoms with van der Waals surface area (Å²) >= 11 is 0. The van der Waals surface area contributed by atoms with Crippen LogP contribution in [0.2, 0.25) is 0 Å². The number of benzene rings is 3. The van der Waals surface area contributed by atoms with Gasteiger partial charge in [0.1, 0.15) is 17.1 Å². The number of aromatic nitrogens is 3. The lowest BCUT2D eigenvalue weighted by atomic mass is 10.1. The van der Waals surface area contributed by atoms with E-state index in [0.29, 0.717) is 22.2 Å². The number of rotatable bonds is 6. The van der Waals surface area contributed by atoms with Crippen LogP contribution in [0.15, 0.2) is 101 Å². The Labute approximate surface area is 210 Å². The van der Waals surface area contributed by atoms with E-state index in [4.69, 9.17) is 4.74 Å². The lowest BCUT2D eigenvalue weighted by molar-refractivity contribution is 0.0736. The molecule has 178 valence electrons. The summed E-state index contributed by atoms with van der Waals surface area (Å²) in [6.07, 6.45) is 3.04. The summed E-state index contributed by atoms with van der Waals surface area (Å²) in [4.78, 5) is 36.5. The number of hydrogen-bond donors (Lipinski definition) is 2. The van der Waals surface area contributed by atoms with Crippen molar-refractivity contribution >= 4 is 29.0 Å². The number of esters is 1. The molecule has 0 aliphatic carbocycles. The van der Waals surface area contributed by atoms with E-state index in [-0.39, 0.29) is 23.0 Å². The van der Waals surface area contributed by atoms with E-state index in [2.05, 4.69) is 25.5 Å². The Morgan fingerprint density at radius 2 is 1.76 bits per heavy atom. The van der Waals surface area contributed by atoms with Gasteiger partial charge in [0.15, 0.2) is 5.75 Å². The van der Waals surface area contributed by atoms with E-state index in [1.165, 1.54) is 6.21 Å². The van der Waals surface area contributed by atoms with Crippen LogP contribution in [0.3, 0.4) is 0 Å². The van der Waals surface area contributed by atoms with Crippen LogP contribution in [0.1, 0.15) is 21.5 Å². The molecule has 2 heterocycles. The SMILES string of the molecule is N#Cc1c(-c2ccccc2)nc(NN=Cc2ccc3cccnc3c2OC(=O)c2ccccc2)[nH]c1=O. The summed E-state index contributed by atoms with van der Waals surface area (Å²) < 4.78 is 5.74. The number of hydrogen-bond acceptors (Lipinski definition) is 8. The Morgan fingerprint density at radius 1 is 1.00 bits per heavy atom. The highest BCUT2D eigenvalue weighted by Gasteiger charge is 2.16. The molecule has 0 unspecified atom stereocenters. The predicted octanol–water partition coefficient (Wildman–Crippen LogP) is 4.52. The van der Waals surface area contributed by atoms with Crippen molar-refractivity contribution in [2.45, 2.75) is 0 Å². The molecule has 0 bridgehead atoms. The summed E-state index contributed by atoms with van der Waals surface area (Å²) in [6, 6.07) is 26.7. The first kappa shape index (κ1) is 23.1. The second kappa shape index (κ2) is 10.3. The van der Waals surface area contributed by atoms with Crippen molar-refractivity contribution in [1.82, 2.24) is 15.0 Å². The third-order valence-corrected chi connectivity index (χ3v) is 5.42. The molecule has 9 heteroatoms. The molecule has 5 rings (SSSR count). The van der Waals surface area contributed by atoms with Crippen LogP contribution < -0.4 is 15.7 Å². The molecular formula is C28H18N6O3. The van der Waals surface area contributed by atoms with Crippen LogP contribution in [0.5, 0.6) is 5.75 Å². The summed E-state index contributed by atoms with van der Waals surface area (Å²) in [7, 11) is 0. The molecule has 0 spiro atoms. The van der Waals surface area contributed by atoms with Crippen molar-refractivity contribution in [3.8, 4) is 23.1 Å². The lowest BCUT2D eigenvalue weighted by Gasteiger charge is -2.10. The van der Waals surface area contributed by atoms with Gasteiger partial charge in [-0.05, 0) is 24.3 Å². The number of fused-ring (bicyclic) bond motifs is 1. The monoisotopic (exact) mass is 486 g/mol. The highest BCUT2D eigenvalue weighted by Crippen LogP contribution is 2.28. The Kier molecular flexibility index (Phi) is 6.46. The molecule has 0 saturated heterocycles. The average Bonchev–Trinajstić information content (AvgIpc) is 2.94. The molecular weight excluding hydrogens is 468 g/mol. The maximum Gasteiger partial charge on any atom is 0.343 e. The lowest BCUT2D eigenvalue weighted by Crippen LogP contribution is -2.16. The first-order valence-corrected chi connectivity index (χ1v) is 11.2. The van der Waals surface area contributed by atoms with Crippen LogP contribution in [0.4, 0.5) is 5.95 Å². The molecule has 37 heavy (non-hydrogen) atoms. The van der Waals surface area contributed by atoms with Gasteiger partial charge in [0.05, 0.1) is 17.5 Å². The molecule has 3 aromatic carbocycles. The van der Waals surface area contributed by atoms with Crippen LogP contribution in [-0.2, 0) is 0 Å². The number of carbonyl (C=O) groups is 1. The van der Waals surface area contributed by atoms with Gasteiger partial charge >= 0.3 is 5.97 Å². The standard InChI is InChI=1S/C28H18N6O3/c29-16-22-23(18-8-3-1-4-9-18)32-28(33-26(22)35)34-31-17-21-14-13-19-12-7-15-30-24(19)25(21)37-27(36)20-10-5-2-6-11-20/h1-15,17H,(H2,32,33,34,35). The molecule has 5 aromatic rings. The molecule has 0 saturated carbocycles. The number of nitrogens with zero attached hydrogens (tertiary/aromatic N) is 4. The van der Waals surface area contributed by atoms with Crippen LogP contribution in [0.25, 0.3) is 22.2 Å². The molecule has 2 N–H and O–H groups in total. The van der Waals surface area contributed by atoms with E-state index in [1.807, 2.05) is 30.3 Å². The second-order valence-electron chi connectivity index (χ2n) is 7.80. The molecule has 9 nitrogen and oxygen atoms in total. The van der Waals surface area contributed by atoms with Gasteiger partial charge < -0.3 is 4.74 Å². The van der Waals surface area contributed by atoms with Gasteiger partial charge in [0.25, 0.3) is 5.56 Å². The van der Waals surface area contributed by atoms with Crippen molar-refractivity contribution in [3.05, 3.63) is 118 Å². The Morgan fingerprint density at radius 3 is 2.51 bits per heavy atom. The number of anilines is 1. The van der Waals surface area contributed by atoms with Gasteiger partial charge in [-0.25, -0.2) is 15.2 Å². The smallest absolute Gasteiger partial charge is 0.343 e. The maximum atomic E-state index is 12.8. The minimum absolute atomic E-state index is 0.0425. The first-order chi connectivity index (χ1) is 18.1. The van der Waals surface area contributed by atoms with E-state index in [9.17, 15) is 14.9 Å². The van der Waals surface area contributed by atoms with Crippen molar-refractivity contribution in [2.24, 2.45) is 5.10 Å². The summed E-state index contributed by atoms with van der Waals surface area (Å²) in [6.45, 7) is 0. The third kappa shape index (κ3) is 4.94. The van der Waals surface area contributed by atoms with Crippen LogP contribution in [0, 0.1) is 11.3 Å². The minimum Gasteiger partial charge on any atom is -0.420 e. The molecule has 0 aliphatic heterocycles. The summed E-state index contributed by atoms with van der Waals surface area (Å²) in [5.74, 6) is -0.253. The van der Waals surface area contributed by atoms with Gasteiger partial charge in [-0.15, -0.1) is 0 Å². The fourth-order valence-corrected chi connectivity index (χ4v) is 3.67. The topological polar surface area (TPSA) is 133 Å². The molecule has 0 fully saturated rings. The van der Waals surface area contributed by atoms with Crippen LogP contribution in [-0.4, -0.2) is 27.1 Å². The fraction of sp³-hybridized carbons (Fsp3) is 0. The number of carbonyl (C=O) groups excluding carboxylic acids is 1. The Balaban J connectivity index is 1.48. The zero-order chi connectivity index (χ0) is 25.6. The predicted molar refractivity (Wildman–Crippen MR) is 139 cm³/mol. The maximum absolute atomic E-state index is 12.8. The normalized spacial score (nSPS) is 10.8. The van der Waals surface area contributed by atoms with E-state index in [0.717, 1.165) is 5.39 Å². The van der Waals surface area contributed by atoms with Gasteiger partial charge in [0.2, 0.25) is 5.95 Å². The number of nitriles is 1. The molecule has 0 aliphatic rings. The number of nitrogens with one attached hydrogen (secondary N) is 2. The highest BCUT2D eigenvalue weighted by atomic mass is 16.5. The zero-order valence-corrected chi connectivity index (χ0v) is 19.3. The molecule has 2 aromatic heterocycles. The van der Waals surface area contributed by atoms with Gasteiger partial charge in [-0.2, -0.15) is 10.4 Å². The minimum atomic E-state index is -0.596. The quantitative estimate of drug-likeness (QED) is 0.156. The van der Waals surface area contributed by atoms with Gasteiger partial charge in [-0.3, -0.25) is 14.8 Å². The summed E-state index contributed by atoms with van der Waals surface area (Å²) in [5, 5.41) is 14.4. The number of aromatic amines is 1. The molecule has 0 atom stereocenters. The van der Waals surface area contributed by atoms with Crippen LogP contribution >= 0.6 is 0 Å². The van der Waals surface area contributed by atoms with Crippen molar-refractivity contribution in [2.75, 3.05) is 5.43 Å². The number of ether oxygens (including phenoxy) is 1. The third-order valence-electron chi connectivity index (χ3n) is 5.42. The van der Waals surface area contributed by atoms with Crippen molar-refractivity contribution < 1.29 is 9.53 Å². The number of hydrazone groups is 1. The Hall–Kier alpha value is -5.62. The number of pyridine rings is 1. The Bertz CT molecular complexity index is 1720. The first-order valence-electron chi connectivity index (χ1n) is 11.2.